The quantitative estimate of drug-likeness (QED) is 0.317. The zero-order valence-corrected chi connectivity index (χ0v) is 17.8. The van der Waals surface area contributed by atoms with Gasteiger partial charge in [-0.1, -0.05) is 0 Å². The Bertz CT molecular complexity index is 413. The fraction of sp³-hybridized carbons (Fsp3) is 0.667. The van der Waals surface area contributed by atoms with Crippen molar-refractivity contribution >= 4 is 23.9 Å². The molecule has 1 aliphatic heterocycles. The summed E-state index contributed by atoms with van der Waals surface area (Å²) in [6.07, 6.45) is 0. The van der Waals surface area contributed by atoms with Crippen LogP contribution in [0.2, 0.25) is 0 Å². The van der Waals surface area contributed by atoms with Crippen LogP contribution < -0.4 is 69.3 Å². The van der Waals surface area contributed by atoms with Gasteiger partial charge in [-0.15, -0.1) is 0 Å². The summed E-state index contributed by atoms with van der Waals surface area (Å²) in [6.45, 7) is -1.56. The first-order valence-corrected chi connectivity index (χ1v) is 6.52. The van der Waals surface area contributed by atoms with Gasteiger partial charge in [0.15, 0.2) is 0 Å². The van der Waals surface area contributed by atoms with Gasteiger partial charge >= 0.3 is 71.1 Å². The number of esters is 2. The molecule has 24 heavy (non-hydrogen) atoms. The maximum absolute atomic E-state index is 11.5. The van der Waals surface area contributed by atoms with Crippen LogP contribution in [0.1, 0.15) is 0 Å². The second-order valence-electron chi connectivity index (χ2n) is 4.61. The van der Waals surface area contributed by atoms with Gasteiger partial charge in [0.05, 0.1) is 25.0 Å². The summed E-state index contributed by atoms with van der Waals surface area (Å²) in [7, 11) is 0. The number of rotatable bonds is 7. The van der Waals surface area contributed by atoms with Crippen LogP contribution in [-0.2, 0) is 28.7 Å². The number of carbonyl (C=O) groups excluding carboxylic acids is 4. The molecule has 0 N–H and O–H groups in total. The van der Waals surface area contributed by atoms with Gasteiger partial charge in [-0.05, 0) is 0 Å². The zero-order valence-electron chi connectivity index (χ0n) is 13.8. The number of hydrogen-bond acceptors (Lipinski definition) is 10. The average molecular weight is 362 g/mol. The molecule has 1 aliphatic rings. The zero-order chi connectivity index (χ0) is 16.5. The molecule has 0 amide bonds. The molecule has 0 saturated carbocycles. The van der Waals surface area contributed by atoms with Gasteiger partial charge in [0.2, 0.25) is 0 Å². The minimum absolute atomic E-state index is 0. The Labute approximate surface area is 183 Å². The molecule has 1 rings (SSSR count). The number of ether oxygens (including phenoxy) is 2. The van der Waals surface area contributed by atoms with Crippen LogP contribution >= 0.6 is 0 Å². The van der Waals surface area contributed by atoms with Crippen molar-refractivity contribution in [1.29, 1.82) is 0 Å². The largest absolute Gasteiger partial charge is 1.00 e. The topological polar surface area (TPSA) is 139 Å². The number of nitrogens with zero attached hydrogens (tertiary/aromatic N) is 2. The van der Waals surface area contributed by atoms with E-state index in [0.717, 1.165) is 4.90 Å². The van der Waals surface area contributed by atoms with Crippen LogP contribution in [0.25, 0.3) is 0 Å². The van der Waals surface area contributed by atoms with E-state index in [-0.39, 0.29) is 98.5 Å². The monoisotopic (exact) mass is 362 g/mol. The second-order valence-corrected chi connectivity index (χ2v) is 4.61. The molecule has 1 fully saturated rings. The molecule has 1 heterocycles. The summed E-state index contributed by atoms with van der Waals surface area (Å²) in [5, 5.41) is 21.1. The fourth-order valence-electron chi connectivity index (χ4n) is 1.84. The maximum Gasteiger partial charge on any atom is 1.00 e. The molecule has 0 unspecified atom stereocenters. The Balaban J connectivity index is 0. The smallest absolute Gasteiger partial charge is 0.549 e. The molecule has 10 nitrogen and oxygen atoms in total. The number of carboxylic acid groups (broad SMARTS) is 2. The third-order valence-electron chi connectivity index (χ3n) is 2.75. The predicted octanol–water partition coefficient (Wildman–Crippen LogP) is -10.8. The summed E-state index contributed by atoms with van der Waals surface area (Å²) in [6, 6.07) is 0. The Morgan fingerprint density at radius 1 is 0.958 bits per heavy atom. The number of aliphatic carboxylic acids is 2. The molecule has 0 aromatic rings. The molecule has 0 aromatic carbocycles. The first kappa shape index (κ1) is 26.0. The summed E-state index contributed by atoms with van der Waals surface area (Å²) >= 11 is 0. The normalized spacial score (nSPS) is 15.7. The van der Waals surface area contributed by atoms with Crippen LogP contribution in [0.15, 0.2) is 0 Å². The summed E-state index contributed by atoms with van der Waals surface area (Å²) in [5.74, 6) is -3.98. The van der Waals surface area contributed by atoms with E-state index in [0.29, 0.717) is 0 Å². The van der Waals surface area contributed by atoms with Gasteiger partial charge in [0.1, 0.15) is 13.2 Å². The summed E-state index contributed by atoms with van der Waals surface area (Å²) in [4.78, 5) is 46.5. The van der Waals surface area contributed by atoms with Crippen molar-refractivity contribution in [3.63, 3.8) is 0 Å². The number of cyclic esters (lactones) is 2. The molecule has 0 bridgehead atoms. The van der Waals surface area contributed by atoms with Crippen LogP contribution in [0.4, 0.5) is 0 Å². The van der Waals surface area contributed by atoms with E-state index in [2.05, 4.69) is 0 Å². The van der Waals surface area contributed by atoms with E-state index in [9.17, 15) is 29.4 Å². The van der Waals surface area contributed by atoms with Crippen molar-refractivity contribution in [2.24, 2.45) is 0 Å². The third-order valence-corrected chi connectivity index (χ3v) is 2.75. The minimum atomic E-state index is -1.44. The fourth-order valence-corrected chi connectivity index (χ4v) is 1.84. The molecule has 0 aliphatic carbocycles. The molecule has 124 valence electrons. The molecular formula is C12H16N2Na2O8. The Morgan fingerprint density at radius 3 is 1.75 bits per heavy atom. The second kappa shape index (κ2) is 14.0. The van der Waals surface area contributed by atoms with Crippen LogP contribution in [0.3, 0.4) is 0 Å². The van der Waals surface area contributed by atoms with Crippen molar-refractivity contribution in [1.82, 2.24) is 9.80 Å². The molecule has 0 atom stereocenters. The Morgan fingerprint density at radius 2 is 1.38 bits per heavy atom. The molecule has 1 saturated heterocycles. The SMILES string of the molecule is O=C([O-])CN(CCN1CC(=O)OCCOC(=O)C1)CC(=O)[O-].[Na+].[Na+]. The standard InChI is InChI=1S/C12H18N2O8.2Na/c15-9(16)5-13(6-10(17)18)1-2-14-7-11(19)21-3-4-22-12(20)8-14;;/h1-8H2,(H,15,16)(H,17,18);;/q;2*+1/p-2. The minimum Gasteiger partial charge on any atom is -0.549 e. The van der Waals surface area contributed by atoms with E-state index < -0.39 is 37.0 Å². The van der Waals surface area contributed by atoms with Crippen molar-refractivity contribution in [3.05, 3.63) is 0 Å². The first-order chi connectivity index (χ1) is 10.4. The van der Waals surface area contributed by atoms with E-state index in [1.165, 1.54) is 4.90 Å². The van der Waals surface area contributed by atoms with Gasteiger partial charge in [-0.2, -0.15) is 0 Å². The van der Waals surface area contributed by atoms with Gasteiger partial charge in [0, 0.05) is 26.2 Å². The van der Waals surface area contributed by atoms with E-state index in [4.69, 9.17) is 9.47 Å². The predicted molar refractivity (Wildman–Crippen MR) is 64.8 cm³/mol. The number of carbonyl (C=O) groups is 4. The summed E-state index contributed by atoms with van der Waals surface area (Å²) < 4.78 is 9.60. The van der Waals surface area contributed by atoms with Gasteiger partial charge < -0.3 is 29.3 Å². The van der Waals surface area contributed by atoms with Crippen molar-refractivity contribution in [3.8, 4) is 0 Å². The van der Waals surface area contributed by atoms with E-state index >= 15 is 0 Å². The van der Waals surface area contributed by atoms with E-state index in [1.807, 2.05) is 0 Å². The van der Waals surface area contributed by atoms with Crippen LogP contribution in [0, 0.1) is 0 Å². The number of carboxylic acids is 2. The Kier molecular flexibility index (Phi) is 15.2. The molecule has 0 aromatic heterocycles. The van der Waals surface area contributed by atoms with Crippen molar-refractivity contribution in [2.75, 3.05) is 52.5 Å². The average Bonchev–Trinajstić information content (AvgIpc) is 2.46. The number of hydrogen-bond donors (Lipinski definition) is 0. The first-order valence-electron chi connectivity index (χ1n) is 6.52. The van der Waals surface area contributed by atoms with Crippen molar-refractivity contribution in [2.45, 2.75) is 0 Å². The molecule has 0 radical (unpaired) electrons. The Hall–Kier alpha value is -0.200. The van der Waals surface area contributed by atoms with Gasteiger partial charge in [-0.3, -0.25) is 19.4 Å². The molecule has 0 spiro atoms. The van der Waals surface area contributed by atoms with Gasteiger partial charge in [0.25, 0.3) is 0 Å². The van der Waals surface area contributed by atoms with Gasteiger partial charge in [-0.25, -0.2) is 0 Å². The van der Waals surface area contributed by atoms with Crippen LogP contribution in [-0.4, -0.2) is 86.2 Å². The molecular weight excluding hydrogens is 346 g/mol. The third kappa shape index (κ3) is 12.2. The summed E-state index contributed by atoms with van der Waals surface area (Å²) in [5.41, 5.74) is 0. The maximum atomic E-state index is 11.5. The van der Waals surface area contributed by atoms with E-state index in [1.54, 1.807) is 0 Å². The van der Waals surface area contributed by atoms with Crippen LogP contribution in [0.5, 0.6) is 0 Å². The molecule has 12 heteroatoms. The van der Waals surface area contributed by atoms with Crippen molar-refractivity contribution < 1.29 is 98.0 Å².